The first kappa shape index (κ1) is 15.2. The quantitative estimate of drug-likeness (QED) is 0.770. The molecule has 0 heterocycles. The highest BCUT2D eigenvalue weighted by atomic mass is 35.5. The molecule has 4 heteroatoms. The second-order valence-electron chi connectivity index (χ2n) is 4.31. The van der Waals surface area contributed by atoms with Crippen molar-refractivity contribution in [1.29, 1.82) is 0 Å². The maximum atomic E-state index is 12.0. The summed E-state index contributed by atoms with van der Waals surface area (Å²) in [7, 11) is 1.62. The van der Waals surface area contributed by atoms with E-state index in [9.17, 15) is 4.55 Å². The van der Waals surface area contributed by atoms with Gasteiger partial charge in [-0.25, -0.2) is 0 Å². The molecule has 0 aromatic heterocycles. The Labute approximate surface area is 127 Å². The van der Waals surface area contributed by atoms with E-state index >= 15 is 0 Å². The Balaban J connectivity index is 2.38. The summed E-state index contributed by atoms with van der Waals surface area (Å²) in [4.78, 5) is 0.687. The van der Waals surface area contributed by atoms with Crippen LogP contribution in [0.2, 0.25) is 5.02 Å². The first-order valence-corrected chi connectivity index (χ1v) is 8.10. The molecule has 105 valence electrons. The SMILES string of the molecule is CCC[S+]([O-])c1ccc(-c2[c]cccc2OC)cc1Cl. The predicted octanol–water partition coefficient (Wildman–Crippen LogP) is 4.33. The zero-order valence-corrected chi connectivity index (χ0v) is 13.1. The lowest BCUT2D eigenvalue weighted by Gasteiger charge is -2.13. The highest BCUT2D eigenvalue weighted by molar-refractivity contribution is 7.91. The molecule has 2 nitrogen and oxygen atoms in total. The lowest BCUT2D eigenvalue weighted by atomic mass is 10.0. The van der Waals surface area contributed by atoms with Crippen molar-refractivity contribution in [2.45, 2.75) is 18.2 Å². The first-order chi connectivity index (χ1) is 9.67. The van der Waals surface area contributed by atoms with E-state index in [1.54, 1.807) is 7.11 Å². The van der Waals surface area contributed by atoms with Gasteiger partial charge in [-0.05, 0) is 53.5 Å². The molecule has 0 bridgehead atoms. The van der Waals surface area contributed by atoms with Gasteiger partial charge in [-0.1, -0.05) is 30.7 Å². The van der Waals surface area contributed by atoms with Gasteiger partial charge in [0.1, 0.15) is 11.5 Å². The van der Waals surface area contributed by atoms with Gasteiger partial charge in [0.2, 0.25) is 0 Å². The van der Waals surface area contributed by atoms with Gasteiger partial charge in [0.05, 0.1) is 12.1 Å². The number of halogens is 1. The molecule has 0 aliphatic rings. The lowest BCUT2D eigenvalue weighted by Crippen LogP contribution is -2.06. The maximum absolute atomic E-state index is 12.0. The molecule has 0 N–H and O–H groups in total. The summed E-state index contributed by atoms with van der Waals surface area (Å²) in [6.07, 6.45) is 0.866. The number of methoxy groups -OCH3 is 1. The van der Waals surface area contributed by atoms with Crippen LogP contribution in [0.4, 0.5) is 0 Å². The molecule has 1 radical (unpaired) electrons. The third-order valence-electron chi connectivity index (χ3n) is 2.89. The highest BCUT2D eigenvalue weighted by Crippen LogP contribution is 2.33. The van der Waals surface area contributed by atoms with Crippen LogP contribution in [-0.2, 0) is 11.2 Å². The standard InChI is InChI=1S/C16H16ClO2S/c1-3-10-20(18)16-9-8-12(11-14(16)17)13-6-4-5-7-15(13)19-2/h4-5,7-9,11H,3,10H2,1-2H3. The van der Waals surface area contributed by atoms with Gasteiger partial charge in [-0.15, -0.1) is 0 Å². The minimum Gasteiger partial charge on any atom is -0.611 e. The van der Waals surface area contributed by atoms with E-state index in [4.69, 9.17) is 16.3 Å². The summed E-state index contributed by atoms with van der Waals surface area (Å²) in [5.41, 5.74) is 1.76. The molecular formula is C16H16ClO2S. The Kier molecular flexibility index (Phi) is 5.35. The van der Waals surface area contributed by atoms with Crippen molar-refractivity contribution in [2.24, 2.45) is 0 Å². The number of benzene rings is 2. The molecule has 0 amide bonds. The van der Waals surface area contributed by atoms with Crippen molar-refractivity contribution in [3.8, 4) is 16.9 Å². The predicted molar refractivity (Wildman–Crippen MR) is 83.8 cm³/mol. The van der Waals surface area contributed by atoms with Crippen LogP contribution < -0.4 is 4.74 Å². The second-order valence-corrected chi connectivity index (χ2v) is 6.25. The number of hydrogen-bond donors (Lipinski definition) is 0. The van der Waals surface area contributed by atoms with Crippen molar-refractivity contribution in [3.05, 3.63) is 47.5 Å². The van der Waals surface area contributed by atoms with Crippen LogP contribution in [-0.4, -0.2) is 17.4 Å². The number of rotatable bonds is 5. The van der Waals surface area contributed by atoms with Crippen molar-refractivity contribution in [3.63, 3.8) is 0 Å². The zero-order chi connectivity index (χ0) is 14.5. The Morgan fingerprint density at radius 3 is 2.80 bits per heavy atom. The Hall–Kier alpha value is -1.16. The minimum absolute atomic E-state index is 0.522. The molecule has 1 atom stereocenters. The molecule has 2 aromatic rings. The first-order valence-electron chi connectivity index (χ1n) is 6.40. The van der Waals surface area contributed by atoms with E-state index in [2.05, 4.69) is 6.07 Å². The molecule has 2 rings (SSSR count). The summed E-state index contributed by atoms with van der Waals surface area (Å²) in [6.45, 7) is 2.00. The van der Waals surface area contributed by atoms with E-state index in [0.29, 0.717) is 15.7 Å². The summed E-state index contributed by atoms with van der Waals surface area (Å²) in [5, 5.41) is 0.522. The van der Waals surface area contributed by atoms with Gasteiger partial charge in [-0.3, -0.25) is 0 Å². The topological polar surface area (TPSA) is 32.3 Å². The van der Waals surface area contributed by atoms with Crippen LogP contribution in [0.5, 0.6) is 5.75 Å². The fourth-order valence-electron chi connectivity index (χ4n) is 1.95. The van der Waals surface area contributed by atoms with Crippen LogP contribution in [0.1, 0.15) is 13.3 Å². The monoisotopic (exact) mass is 307 g/mol. The minimum atomic E-state index is -1.04. The van der Waals surface area contributed by atoms with Crippen molar-refractivity contribution in [1.82, 2.24) is 0 Å². The lowest BCUT2D eigenvalue weighted by molar-refractivity contribution is 0.416. The van der Waals surface area contributed by atoms with Crippen LogP contribution in [0.3, 0.4) is 0 Å². The molecule has 1 unspecified atom stereocenters. The average Bonchev–Trinajstić information content (AvgIpc) is 2.47. The van der Waals surface area contributed by atoms with E-state index in [1.807, 2.05) is 43.3 Å². The molecule has 0 saturated heterocycles. The largest absolute Gasteiger partial charge is 0.611 e. The van der Waals surface area contributed by atoms with Gasteiger partial charge < -0.3 is 9.29 Å². The molecule has 20 heavy (non-hydrogen) atoms. The van der Waals surface area contributed by atoms with E-state index < -0.39 is 11.2 Å². The van der Waals surface area contributed by atoms with Crippen LogP contribution >= 0.6 is 11.6 Å². The smallest absolute Gasteiger partial charge is 0.171 e. The van der Waals surface area contributed by atoms with Crippen LogP contribution in [0, 0.1) is 6.07 Å². The van der Waals surface area contributed by atoms with E-state index in [1.165, 1.54) is 0 Å². The summed E-state index contributed by atoms with van der Waals surface area (Å²) >= 11 is 5.22. The van der Waals surface area contributed by atoms with E-state index in [0.717, 1.165) is 23.3 Å². The third kappa shape index (κ3) is 3.29. The van der Waals surface area contributed by atoms with Gasteiger partial charge in [0.25, 0.3) is 0 Å². The van der Waals surface area contributed by atoms with Crippen LogP contribution in [0.15, 0.2) is 41.3 Å². The normalized spacial score (nSPS) is 12.2. The molecule has 0 fully saturated rings. The summed E-state index contributed by atoms with van der Waals surface area (Å²) < 4.78 is 17.4. The van der Waals surface area contributed by atoms with Crippen molar-refractivity contribution < 1.29 is 9.29 Å². The van der Waals surface area contributed by atoms with Crippen LogP contribution in [0.25, 0.3) is 11.1 Å². The highest BCUT2D eigenvalue weighted by Gasteiger charge is 2.16. The molecule has 2 aromatic carbocycles. The molecular weight excluding hydrogens is 292 g/mol. The van der Waals surface area contributed by atoms with Gasteiger partial charge in [0.15, 0.2) is 4.90 Å². The Morgan fingerprint density at radius 2 is 2.15 bits per heavy atom. The fraction of sp³-hybridized carbons (Fsp3) is 0.250. The molecule has 0 aliphatic heterocycles. The third-order valence-corrected chi connectivity index (χ3v) is 4.94. The van der Waals surface area contributed by atoms with Gasteiger partial charge >= 0.3 is 0 Å². The Morgan fingerprint density at radius 1 is 1.35 bits per heavy atom. The number of hydrogen-bond acceptors (Lipinski definition) is 2. The zero-order valence-electron chi connectivity index (χ0n) is 11.5. The molecule has 0 aliphatic carbocycles. The molecule has 0 saturated carbocycles. The fourth-order valence-corrected chi connectivity index (χ4v) is 3.48. The average molecular weight is 308 g/mol. The van der Waals surface area contributed by atoms with Crippen molar-refractivity contribution in [2.75, 3.05) is 12.9 Å². The second kappa shape index (κ2) is 7.02. The molecule has 0 spiro atoms. The van der Waals surface area contributed by atoms with Crippen molar-refractivity contribution >= 4 is 22.8 Å². The number of ether oxygens (including phenoxy) is 1. The van der Waals surface area contributed by atoms with E-state index in [-0.39, 0.29) is 0 Å². The van der Waals surface area contributed by atoms with Gasteiger partial charge in [-0.2, -0.15) is 0 Å². The Bertz CT molecular complexity index is 586. The summed E-state index contributed by atoms with van der Waals surface area (Å²) in [6, 6.07) is 14.3. The van der Waals surface area contributed by atoms with Gasteiger partial charge in [0, 0.05) is 5.56 Å². The maximum Gasteiger partial charge on any atom is 0.171 e. The summed E-state index contributed by atoms with van der Waals surface area (Å²) in [5.74, 6) is 1.37.